The second kappa shape index (κ2) is 8.49. The third kappa shape index (κ3) is 4.73. The lowest BCUT2D eigenvalue weighted by molar-refractivity contribution is -0.122. The van der Waals surface area contributed by atoms with Crippen molar-refractivity contribution in [3.8, 4) is 0 Å². The van der Waals surface area contributed by atoms with Crippen molar-refractivity contribution in [2.24, 2.45) is 0 Å². The van der Waals surface area contributed by atoms with Gasteiger partial charge in [-0.1, -0.05) is 47.1 Å². The normalized spacial score (nSPS) is 13.8. The highest BCUT2D eigenvalue weighted by atomic mass is 79.9. The van der Waals surface area contributed by atoms with Crippen LogP contribution in [-0.2, 0) is 22.4 Å². The molecule has 26 heavy (non-hydrogen) atoms. The van der Waals surface area contributed by atoms with Gasteiger partial charge in [-0.05, 0) is 54.2 Å². The van der Waals surface area contributed by atoms with Gasteiger partial charge in [0.25, 0.3) is 0 Å². The molecule has 0 saturated carbocycles. The standard InChI is InChI=1S/C21H23BrN2O2/c1-2-18(15-7-9-17(22)10-8-15)23-20(25)5-3-4-14-6-11-19-16(12-14)13-21(26)24-19/h6-12,18H,2-5,13H2,1H3,(H,23,25)(H,24,26). The summed E-state index contributed by atoms with van der Waals surface area (Å²) in [4.78, 5) is 23.7. The van der Waals surface area contributed by atoms with Crippen molar-refractivity contribution < 1.29 is 9.59 Å². The van der Waals surface area contributed by atoms with E-state index in [2.05, 4.69) is 39.6 Å². The maximum absolute atomic E-state index is 12.3. The number of anilines is 1. The number of rotatable bonds is 7. The fourth-order valence-corrected chi connectivity index (χ4v) is 3.54. The molecule has 1 unspecified atom stereocenters. The van der Waals surface area contributed by atoms with E-state index < -0.39 is 0 Å². The van der Waals surface area contributed by atoms with Crippen molar-refractivity contribution in [2.45, 2.75) is 45.1 Å². The van der Waals surface area contributed by atoms with Crippen LogP contribution in [-0.4, -0.2) is 11.8 Å². The number of benzene rings is 2. The van der Waals surface area contributed by atoms with Gasteiger partial charge in [0, 0.05) is 16.6 Å². The third-order valence-electron chi connectivity index (χ3n) is 4.68. The van der Waals surface area contributed by atoms with Crippen molar-refractivity contribution in [1.29, 1.82) is 0 Å². The van der Waals surface area contributed by atoms with Crippen LogP contribution in [0.4, 0.5) is 5.69 Å². The van der Waals surface area contributed by atoms with Crippen LogP contribution < -0.4 is 10.6 Å². The highest BCUT2D eigenvalue weighted by molar-refractivity contribution is 9.10. The predicted octanol–water partition coefficient (Wildman–Crippen LogP) is 4.53. The number of hydrogen-bond donors (Lipinski definition) is 2. The summed E-state index contributed by atoms with van der Waals surface area (Å²) < 4.78 is 1.04. The fourth-order valence-electron chi connectivity index (χ4n) is 3.27. The summed E-state index contributed by atoms with van der Waals surface area (Å²) in [7, 11) is 0. The van der Waals surface area contributed by atoms with Gasteiger partial charge < -0.3 is 10.6 Å². The van der Waals surface area contributed by atoms with E-state index in [0.717, 1.165) is 40.5 Å². The molecule has 0 bridgehead atoms. The zero-order valence-electron chi connectivity index (χ0n) is 14.8. The monoisotopic (exact) mass is 414 g/mol. The molecule has 0 saturated heterocycles. The summed E-state index contributed by atoms with van der Waals surface area (Å²) in [5.74, 6) is 0.132. The number of hydrogen-bond acceptors (Lipinski definition) is 2. The van der Waals surface area contributed by atoms with Crippen molar-refractivity contribution in [3.63, 3.8) is 0 Å². The minimum Gasteiger partial charge on any atom is -0.349 e. The Morgan fingerprint density at radius 1 is 1.23 bits per heavy atom. The molecule has 2 N–H and O–H groups in total. The topological polar surface area (TPSA) is 58.2 Å². The fraction of sp³-hybridized carbons (Fsp3) is 0.333. The van der Waals surface area contributed by atoms with Crippen LogP contribution in [0.1, 0.15) is 48.9 Å². The molecule has 1 heterocycles. The summed E-state index contributed by atoms with van der Waals surface area (Å²) in [5, 5.41) is 5.97. The molecule has 136 valence electrons. The summed E-state index contributed by atoms with van der Waals surface area (Å²) in [6.45, 7) is 2.08. The largest absolute Gasteiger partial charge is 0.349 e. The van der Waals surface area contributed by atoms with E-state index in [9.17, 15) is 9.59 Å². The SMILES string of the molecule is CCC(NC(=O)CCCc1ccc2c(c1)CC(=O)N2)c1ccc(Br)cc1. The van der Waals surface area contributed by atoms with Crippen molar-refractivity contribution in [3.05, 3.63) is 63.6 Å². The molecular formula is C21H23BrN2O2. The van der Waals surface area contributed by atoms with Gasteiger partial charge in [-0.25, -0.2) is 0 Å². The summed E-state index contributed by atoms with van der Waals surface area (Å²) in [6.07, 6.45) is 3.45. The average Bonchev–Trinajstić information content (AvgIpc) is 3.00. The van der Waals surface area contributed by atoms with Crippen LogP contribution in [0, 0.1) is 0 Å². The van der Waals surface area contributed by atoms with Gasteiger partial charge in [0.2, 0.25) is 11.8 Å². The lowest BCUT2D eigenvalue weighted by atomic mass is 10.0. The Hall–Kier alpha value is -2.14. The summed E-state index contributed by atoms with van der Waals surface area (Å²) in [6, 6.07) is 14.2. The number of carbonyl (C=O) groups is 2. The lowest BCUT2D eigenvalue weighted by Gasteiger charge is -2.17. The highest BCUT2D eigenvalue weighted by Gasteiger charge is 2.17. The highest BCUT2D eigenvalue weighted by Crippen LogP contribution is 2.24. The molecule has 4 nitrogen and oxygen atoms in total. The van der Waals surface area contributed by atoms with Crippen LogP contribution in [0.5, 0.6) is 0 Å². The Kier molecular flexibility index (Phi) is 6.09. The first-order valence-electron chi connectivity index (χ1n) is 9.01. The van der Waals surface area contributed by atoms with Crippen LogP contribution in [0.2, 0.25) is 0 Å². The first kappa shape index (κ1) is 18.6. The van der Waals surface area contributed by atoms with Gasteiger partial charge in [0.15, 0.2) is 0 Å². The summed E-state index contributed by atoms with van der Waals surface area (Å²) in [5.41, 5.74) is 4.27. The molecule has 2 aromatic rings. The second-order valence-electron chi connectivity index (χ2n) is 6.65. The minimum absolute atomic E-state index is 0.0488. The number of aryl methyl sites for hydroxylation is 1. The number of nitrogens with one attached hydrogen (secondary N) is 2. The molecular weight excluding hydrogens is 392 g/mol. The zero-order chi connectivity index (χ0) is 18.5. The quantitative estimate of drug-likeness (QED) is 0.698. The van der Waals surface area contributed by atoms with E-state index in [1.807, 2.05) is 36.4 Å². The maximum Gasteiger partial charge on any atom is 0.228 e. The van der Waals surface area contributed by atoms with E-state index in [-0.39, 0.29) is 17.9 Å². The molecule has 1 atom stereocenters. The van der Waals surface area contributed by atoms with Gasteiger partial charge in [0.05, 0.1) is 12.5 Å². The number of fused-ring (bicyclic) bond motifs is 1. The van der Waals surface area contributed by atoms with E-state index in [1.54, 1.807) is 0 Å². The Morgan fingerprint density at radius 2 is 2.00 bits per heavy atom. The van der Waals surface area contributed by atoms with E-state index in [0.29, 0.717) is 12.8 Å². The first-order valence-corrected chi connectivity index (χ1v) is 9.81. The van der Waals surface area contributed by atoms with Crippen molar-refractivity contribution >= 4 is 33.4 Å². The van der Waals surface area contributed by atoms with E-state index >= 15 is 0 Å². The van der Waals surface area contributed by atoms with Gasteiger partial charge in [-0.15, -0.1) is 0 Å². The average molecular weight is 415 g/mol. The minimum atomic E-state index is 0.0488. The predicted molar refractivity (Wildman–Crippen MR) is 107 cm³/mol. The van der Waals surface area contributed by atoms with Crippen molar-refractivity contribution in [1.82, 2.24) is 5.32 Å². The smallest absolute Gasteiger partial charge is 0.228 e. The van der Waals surface area contributed by atoms with Crippen LogP contribution in [0.25, 0.3) is 0 Å². The molecule has 2 aromatic carbocycles. The Morgan fingerprint density at radius 3 is 2.73 bits per heavy atom. The van der Waals surface area contributed by atoms with E-state index in [4.69, 9.17) is 0 Å². The first-order chi connectivity index (χ1) is 12.5. The molecule has 0 spiro atoms. The molecule has 1 aliphatic heterocycles. The maximum atomic E-state index is 12.3. The van der Waals surface area contributed by atoms with Crippen LogP contribution >= 0.6 is 15.9 Å². The number of carbonyl (C=O) groups excluding carboxylic acids is 2. The van der Waals surface area contributed by atoms with Gasteiger partial charge in [0.1, 0.15) is 0 Å². The molecule has 0 fully saturated rings. The Bertz CT molecular complexity index is 802. The second-order valence-corrected chi connectivity index (χ2v) is 7.57. The number of halogens is 1. The third-order valence-corrected chi connectivity index (χ3v) is 5.21. The molecule has 0 aliphatic carbocycles. The van der Waals surface area contributed by atoms with Crippen LogP contribution in [0.15, 0.2) is 46.9 Å². The van der Waals surface area contributed by atoms with E-state index in [1.165, 1.54) is 5.56 Å². The molecule has 5 heteroatoms. The van der Waals surface area contributed by atoms with Crippen molar-refractivity contribution in [2.75, 3.05) is 5.32 Å². The Labute approximate surface area is 162 Å². The molecule has 2 amide bonds. The van der Waals surface area contributed by atoms with Gasteiger partial charge in [-0.2, -0.15) is 0 Å². The van der Waals surface area contributed by atoms with Crippen LogP contribution in [0.3, 0.4) is 0 Å². The molecule has 3 rings (SSSR count). The molecule has 1 aliphatic rings. The lowest BCUT2D eigenvalue weighted by Crippen LogP contribution is -2.27. The Balaban J connectivity index is 1.49. The number of amides is 2. The van der Waals surface area contributed by atoms with Gasteiger partial charge >= 0.3 is 0 Å². The van der Waals surface area contributed by atoms with Gasteiger partial charge in [-0.3, -0.25) is 9.59 Å². The summed E-state index contributed by atoms with van der Waals surface area (Å²) >= 11 is 3.44. The molecule has 0 radical (unpaired) electrons. The molecule has 0 aromatic heterocycles. The zero-order valence-corrected chi connectivity index (χ0v) is 16.4.